The minimum Gasteiger partial charge on any atom is -0.489 e. The summed E-state index contributed by atoms with van der Waals surface area (Å²) in [5.74, 6) is 0.0292. The van der Waals surface area contributed by atoms with Gasteiger partial charge in [0, 0.05) is 32.7 Å². The van der Waals surface area contributed by atoms with Gasteiger partial charge in [0.2, 0.25) is 0 Å². The molecule has 4 rings (SSSR count). The normalized spacial score (nSPS) is 18.7. The van der Waals surface area contributed by atoms with E-state index in [0.717, 1.165) is 56.0 Å². The van der Waals surface area contributed by atoms with Crippen LogP contribution in [0.1, 0.15) is 55.2 Å². The Morgan fingerprint density at radius 2 is 1.61 bits per heavy atom. The molecule has 0 aromatic heterocycles. The number of hydrogen-bond donors (Lipinski definition) is 1. The Labute approximate surface area is 185 Å². The Morgan fingerprint density at radius 1 is 0.935 bits per heavy atom. The number of carboxylic acid groups (broad SMARTS) is 1. The molecule has 5 heteroatoms. The summed E-state index contributed by atoms with van der Waals surface area (Å²) >= 11 is 0. The maximum atomic E-state index is 10.7. The molecule has 2 aromatic rings. The van der Waals surface area contributed by atoms with Crippen molar-refractivity contribution in [3.05, 3.63) is 65.2 Å². The maximum Gasteiger partial charge on any atom is 0.303 e. The molecule has 2 saturated heterocycles. The molecule has 0 bridgehead atoms. The van der Waals surface area contributed by atoms with Gasteiger partial charge in [0.25, 0.3) is 0 Å². The third-order valence-electron chi connectivity index (χ3n) is 6.59. The van der Waals surface area contributed by atoms with Crippen LogP contribution in [0.5, 0.6) is 5.75 Å². The first-order valence-electron chi connectivity index (χ1n) is 11.5. The lowest BCUT2D eigenvalue weighted by atomic mass is 9.84. The van der Waals surface area contributed by atoms with E-state index in [1.54, 1.807) is 0 Å². The van der Waals surface area contributed by atoms with Gasteiger partial charge in [0.1, 0.15) is 12.4 Å². The van der Waals surface area contributed by atoms with Gasteiger partial charge in [-0.25, -0.2) is 0 Å². The summed E-state index contributed by atoms with van der Waals surface area (Å²) in [5.41, 5.74) is 3.67. The monoisotopic (exact) mass is 423 g/mol. The summed E-state index contributed by atoms with van der Waals surface area (Å²) < 4.78 is 12.0. The first-order valence-corrected chi connectivity index (χ1v) is 11.5. The molecule has 1 spiro atoms. The van der Waals surface area contributed by atoms with E-state index in [1.165, 1.54) is 24.8 Å². The van der Waals surface area contributed by atoms with E-state index in [-0.39, 0.29) is 12.0 Å². The van der Waals surface area contributed by atoms with Gasteiger partial charge in [0.05, 0.1) is 5.60 Å². The molecule has 166 valence electrons. The SMILES string of the molecule is O=C(O)CCc1ccc(OCc2ccc(CN3CCC4(CCCCO4)CC3)cc2)cc1. The molecule has 0 atom stereocenters. The molecule has 31 heavy (non-hydrogen) atoms. The average Bonchev–Trinajstić information content (AvgIpc) is 2.80. The fourth-order valence-electron chi connectivity index (χ4n) is 4.59. The minimum atomic E-state index is -0.772. The molecule has 2 heterocycles. The second-order valence-electron chi connectivity index (χ2n) is 8.91. The smallest absolute Gasteiger partial charge is 0.303 e. The number of piperidine rings is 1. The van der Waals surface area contributed by atoms with Crippen LogP contribution >= 0.6 is 0 Å². The number of likely N-dealkylation sites (tertiary alicyclic amines) is 1. The van der Waals surface area contributed by atoms with Crippen LogP contribution in [0.2, 0.25) is 0 Å². The highest BCUT2D eigenvalue weighted by molar-refractivity contribution is 5.67. The van der Waals surface area contributed by atoms with Crippen molar-refractivity contribution < 1.29 is 19.4 Å². The van der Waals surface area contributed by atoms with E-state index in [2.05, 4.69) is 29.2 Å². The van der Waals surface area contributed by atoms with Gasteiger partial charge >= 0.3 is 5.97 Å². The van der Waals surface area contributed by atoms with Crippen LogP contribution in [0.3, 0.4) is 0 Å². The van der Waals surface area contributed by atoms with Crippen molar-refractivity contribution in [2.75, 3.05) is 19.7 Å². The molecule has 0 radical (unpaired) electrons. The van der Waals surface area contributed by atoms with Crippen LogP contribution in [0.4, 0.5) is 0 Å². The summed E-state index contributed by atoms with van der Waals surface area (Å²) in [7, 11) is 0. The second-order valence-corrected chi connectivity index (χ2v) is 8.91. The van der Waals surface area contributed by atoms with Crippen LogP contribution < -0.4 is 4.74 Å². The average molecular weight is 424 g/mol. The Kier molecular flexibility index (Phi) is 7.25. The number of aryl methyl sites for hydroxylation is 1. The zero-order chi connectivity index (χ0) is 21.5. The lowest BCUT2D eigenvalue weighted by Gasteiger charge is -2.44. The zero-order valence-corrected chi connectivity index (χ0v) is 18.2. The van der Waals surface area contributed by atoms with Gasteiger partial charge < -0.3 is 14.6 Å². The largest absolute Gasteiger partial charge is 0.489 e. The molecule has 1 N–H and O–H groups in total. The van der Waals surface area contributed by atoms with E-state index in [4.69, 9.17) is 14.6 Å². The number of benzene rings is 2. The van der Waals surface area contributed by atoms with Gasteiger partial charge in [-0.1, -0.05) is 36.4 Å². The van der Waals surface area contributed by atoms with Crippen molar-refractivity contribution in [2.45, 2.75) is 63.7 Å². The summed E-state index contributed by atoms with van der Waals surface area (Å²) in [6.45, 7) is 4.70. The molecule has 2 fully saturated rings. The molecular weight excluding hydrogens is 390 g/mol. The molecule has 0 amide bonds. The van der Waals surface area contributed by atoms with E-state index in [0.29, 0.717) is 13.0 Å². The van der Waals surface area contributed by atoms with Gasteiger partial charge in [-0.05, 0) is 67.3 Å². The topological polar surface area (TPSA) is 59.0 Å². The predicted molar refractivity (Wildman–Crippen MR) is 120 cm³/mol. The van der Waals surface area contributed by atoms with E-state index < -0.39 is 5.97 Å². The molecule has 5 nitrogen and oxygen atoms in total. The van der Waals surface area contributed by atoms with E-state index in [9.17, 15) is 4.79 Å². The molecule has 2 aliphatic rings. The quantitative estimate of drug-likeness (QED) is 0.660. The van der Waals surface area contributed by atoms with Gasteiger partial charge in [-0.2, -0.15) is 0 Å². The summed E-state index contributed by atoms with van der Waals surface area (Å²) in [6.07, 6.45) is 6.79. The highest BCUT2D eigenvalue weighted by Crippen LogP contribution is 2.35. The van der Waals surface area contributed by atoms with Crippen molar-refractivity contribution in [2.24, 2.45) is 0 Å². The maximum absolute atomic E-state index is 10.7. The standard InChI is InChI=1S/C26H33NO4/c28-25(29)12-9-21-7-10-24(11-8-21)30-20-23-5-3-22(4-6-23)19-27-16-14-26(15-17-27)13-1-2-18-31-26/h3-8,10-11H,1-2,9,12-20H2,(H,28,29). The van der Waals surface area contributed by atoms with Gasteiger partial charge in [-0.15, -0.1) is 0 Å². The fraction of sp³-hybridized carbons (Fsp3) is 0.500. The number of rotatable bonds is 8. The highest BCUT2D eigenvalue weighted by Gasteiger charge is 2.36. The van der Waals surface area contributed by atoms with Crippen molar-refractivity contribution >= 4 is 5.97 Å². The molecule has 0 aliphatic carbocycles. The third-order valence-corrected chi connectivity index (χ3v) is 6.59. The van der Waals surface area contributed by atoms with Crippen LogP contribution in [0.25, 0.3) is 0 Å². The molecular formula is C26H33NO4. The summed E-state index contributed by atoms with van der Waals surface area (Å²) in [6, 6.07) is 16.4. The van der Waals surface area contributed by atoms with E-state index in [1.807, 2.05) is 24.3 Å². The number of ether oxygens (including phenoxy) is 2. The first-order chi connectivity index (χ1) is 15.1. The summed E-state index contributed by atoms with van der Waals surface area (Å²) in [4.78, 5) is 13.2. The Morgan fingerprint density at radius 3 is 2.26 bits per heavy atom. The third kappa shape index (κ3) is 6.31. The van der Waals surface area contributed by atoms with Crippen molar-refractivity contribution in [1.82, 2.24) is 4.90 Å². The molecule has 0 saturated carbocycles. The van der Waals surface area contributed by atoms with Gasteiger partial charge in [-0.3, -0.25) is 9.69 Å². The number of aliphatic carboxylic acids is 1. The van der Waals surface area contributed by atoms with Crippen LogP contribution in [0.15, 0.2) is 48.5 Å². The first kappa shape index (κ1) is 21.8. The van der Waals surface area contributed by atoms with Crippen molar-refractivity contribution in [1.29, 1.82) is 0 Å². The minimum absolute atomic E-state index is 0.151. The number of carbonyl (C=O) groups is 1. The molecule has 2 aliphatic heterocycles. The lowest BCUT2D eigenvalue weighted by Crippen LogP contribution is -2.47. The number of carboxylic acids is 1. The molecule has 0 unspecified atom stereocenters. The highest BCUT2D eigenvalue weighted by atomic mass is 16.5. The van der Waals surface area contributed by atoms with Crippen molar-refractivity contribution in [3.8, 4) is 5.75 Å². The number of nitrogens with zero attached hydrogens (tertiary/aromatic N) is 1. The van der Waals surface area contributed by atoms with Crippen LogP contribution in [-0.4, -0.2) is 41.3 Å². The zero-order valence-electron chi connectivity index (χ0n) is 18.2. The Hall–Kier alpha value is -2.37. The lowest BCUT2D eigenvalue weighted by molar-refractivity contribution is -0.136. The fourth-order valence-corrected chi connectivity index (χ4v) is 4.59. The van der Waals surface area contributed by atoms with Crippen molar-refractivity contribution in [3.63, 3.8) is 0 Å². The van der Waals surface area contributed by atoms with Crippen LogP contribution in [0, 0.1) is 0 Å². The number of hydrogen-bond acceptors (Lipinski definition) is 4. The Bertz CT molecular complexity index is 831. The van der Waals surface area contributed by atoms with Crippen LogP contribution in [-0.2, 0) is 29.1 Å². The molecule has 2 aromatic carbocycles. The second kappa shape index (κ2) is 10.3. The Balaban J connectivity index is 1.21. The van der Waals surface area contributed by atoms with Gasteiger partial charge in [0.15, 0.2) is 0 Å². The summed E-state index contributed by atoms with van der Waals surface area (Å²) in [5, 5.41) is 8.77. The van der Waals surface area contributed by atoms with E-state index >= 15 is 0 Å². The predicted octanol–water partition coefficient (Wildman–Crippen LogP) is 4.82.